The average molecular weight is 604 g/mol. The summed E-state index contributed by atoms with van der Waals surface area (Å²) in [7, 11) is 0. The van der Waals surface area contributed by atoms with Gasteiger partial charge in [-0.05, 0) is 80.4 Å². The Bertz CT molecular complexity index is 1870. The minimum absolute atomic E-state index is 0.119. The number of ether oxygens (including phenoxy) is 1. The third-order valence-corrected chi connectivity index (χ3v) is 7.86. The zero-order valence-corrected chi connectivity index (χ0v) is 23.5. The van der Waals surface area contributed by atoms with Gasteiger partial charge in [-0.2, -0.15) is 13.2 Å². The van der Waals surface area contributed by atoms with E-state index in [1.165, 1.54) is 43.3 Å². The smallest absolute Gasteiger partial charge is 0.434 e. The van der Waals surface area contributed by atoms with Crippen molar-refractivity contribution < 1.29 is 27.1 Å². The Hall–Kier alpha value is -3.96. The molecule has 2 aromatic carbocycles. The molecular weight excluding hydrogens is 582 g/mol. The Morgan fingerprint density at radius 3 is 2.39 bits per heavy atom. The van der Waals surface area contributed by atoms with Gasteiger partial charge < -0.3 is 9.30 Å². The van der Waals surface area contributed by atoms with Crippen LogP contribution in [0.15, 0.2) is 75.7 Å². The van der Waals surface area contributed by atoms with Crippen molar-refractivity contribution in [1.82, 2.24) is 9.13 Å². The molecule has 3 heterocycles. The van der Waals surface area contributed by atoms with Gasteiger partial charge in [0.05, 0.1) is 22.8 Å². The molecule has 0 radical (unpaired) electrons. The lowest BCUT2D eigenvalue weighted by atomic mass is 9.95. The number of carbonyl (C=O) groups is 1. The number of thiazole rings is 1. The molecule has 0 saturated heterocycles. The highest BCUT2D eigenvalue weighted by Crippen LogP contribution is 2.38. The number of alkyl halides is 3. The van der Waals surface area contributed by atoms with Gasteiger partial charge in [-0.25, -0.2) is 14.2 Å². The van der Waals surface area contributed by atoms with Gasteiger partial charge in [-0.1, -0.05) is 35.1 Å². The van der Waals surface area contributed by atoms with E-state index in [1.54, 1.807) is 18.2 Å². The molecule has 0 saturated carbocycles. The fraction of sp³-hybridized carbons (Fsp3) is 0.207. The zero-order chi connectivity index (χ0) is 29.6. The van der Waals surface area contributed by atoms with E-state index in [0.717, 1.165) is 27.3 Å². The Labute approximate surface area is 240 Å². The highest BCUT2D eigenvalue weighted by molar-refractivity contribution is 7.07. The number of aromatic nitrogens is 2. The van der Waals surface area contributed by atoms with Crippen molar-refractivity contribution in [3.8, 4) is 5.69 Å². The normalized spacial score (nSPS) is 15.6. The van der Waals surface area contributed by atoms with Gasteiger partial charge in [0, 0.05) is 22.1 Å². The first-order valence-corrected chi connectivity index (χ1v) is 13.6. The molecule has 0 bridgehead atoms. The van der Waals surface area contributed by atoms with Crippen LogP contribution in [0.5, 0.6) is 0 Å². The number of nitrogens with zero attached hydrogens (tertiary/aromatic N) is 3. The number of benzene rings is 2. The van der Waals surface area contributed by atoms with Crippen molar-refractivity contribution in [2.75, 3.05) is 6.61 Å². The van der Waals surface area contributed by atoms with Gasteiger partial charge in [0.1, 0.15) is 5.82 Å². The first-order chi connectivity index (χ1) is 19.4. The molecule has 1 aliphatic heterocycles. The number of allylic oxidation sites excluding steroid dienone is 1. The Kier molecular flexibility index (Phi) is 7.52. The van der Waals surface area contributed by atoms with Crippen LogP contribution in [-0.2, 0) is 9.53 Å². The molecule has 12 heteroatoms. The van der Waals surface area contributed by atoms with E-state index in [0.29, 0.717) is 16.3 Å². The summed E-state index contributed by atoms with van der Waals surface area (Å²) in [5, 5.41) is 0.329. The summed E-state index contributed by atoms with van der Waals surface area (Å²) in [5.74, 6) is -1.60. The maximum absolute atomic E-state index is 14.3. The van der Waals surface area contributed by atoms with Crippen molar-refractivity contribution in [2.24, 2.45) is 4.99 Å². The number of rotatable bonds is 5. The van der Waals surface area contributed by atoms with Crippen LogP contribution in [-0.4, -0.2) is 27.9 Å². The van der Waals surface area contributed by atoms with Crippen LogP contribution in [0.1, 0.15) is 35.5 Å². The summed E-state index contributed by atoms with van der Waals surface area (Å²) in [6.45, 7) is 4.96. The van der Waals surface area contributed by atoms with Gasteiger partial charge in [-0.15, -0.1) is 0 Å². The standard InChI is InChI=1S/C29H22ClF4N3O3S/c1-4-40-27(39)23-24(17-5-7-19(30)8-6-17)37-26(38)22(41-28(37)35-25(23)29(32,33)34)14-18-13-15(2)36(16(18)3)21-11-9-20(31)10-12-21/h5-14,24H,4H2,1-3H3/b22-14-/t24-/m1/s1. The number of carbonyl (C=O) groups excluding carboxylic acids is 1. The monoisotopic (exact) mass is 603 g/mol. The third kappa shape index (κ3) is 5.27. The van der Waals surface area contributed by atoms with Crippen LogP contribution in [0.3, 0.4) is 0 Å². The molecule has 0 N–H and O–H groups in total. The molecule has 0 amide bonds. The summed E-state index contributed by atoms with van der Waals surface area (Å²) < 4.78 is 64.4. The molecule has 1 aliphatic rings. The van der Waals surface area contributed by atoms with Crippen molar-refractivity contribution >= 4 is 35.0 Å². The van der Waals surface area contributed by atoms with Crippen LogP contribution in [0.25, 0.3) is 11.8 Å². The third-order valence-electron chi connectivity index (χ3n) is 6.62. The number of hydrogen-bond acceptors (Lipinski definition) is 5. The lowest BCUT2D eigenvalue weighted by molar-refractivity contribution is -0.140. The van der Waals surface area contributed by atoms with Crippen LogP contribution >= 0.6 is 22.9 Å². The highest BCUT2D eigenvalue weighted by Gasteiger charge is 2.45. The fourth-order valence-corrected chi connectivity index (χ4v) is 5.98. The second-order valence-corrected chi connectivity index (χ2v) is 10.7. The largest absolute Gasteiger partial charge is 0.463 e. The first kappa shape index (κ1) is 28.6. The molecule has 1 atom stereocenters. The highest BCUT2D eigenvalue weighted by atomic mass is 35.5. The summed E-state index contributed by atoms with van der Waals surface area (Å²) >= 11 is 6.80. The second-order valence-electron chi connectivity index (χ2n) is 9.25. The molecule has 41 heavy (non-hydrogen) atoms. The van der Waals surface area contributed by atoms with E-state index in [1.807, 2.05) is 24.5 Å². The second kappa shape index (κ2) is 10.8. The number of halogens is 5. The van der Waals surface area contributed by atoms with E-state index in [2.05, 4.69) is 4.99 Å². The van der Waals surface area contributed by atoms with E-state index < -0.39 is 35.0 Å². The van der Waals surface area contributed by atoms with Crippen LogP contribution in [0, 0.1) is 19.7 Å². The zero-order valence-electron chi connectivity index (χ0n) is 21.9. The summed E-state index contributed by atoms with van der Waals surface area (Å²) in [6, 6.07) is 12.1. The molecular formula is C29H22ClF4N3O3S. The SMILES string of the molecule is CCOC(=O)C1=C(C(F)(F)F)N=c2s/c(=C\c3cc(C)n(-c4ccc(F)cc4)c3C)c(=O)n2[C@@H]1c1ccc(Cl)cc1. The van der Waals surface area contributed by atoms with Gasteiger partial charge in [0.15, 0.2) is 10.5 Å². The quantitative estimate of drug-likeness (QED) is 0.222. The molecule has 212 valence electrons. The Morgan fingerprint density at radius 1 is 1.12 bits per heavy atom. The Balaban J connectivity index is 1.75. The summed E-state index contributed by atoms with van der Waals surface area (Å²) in [6.07, 6.45) is -3.42. The predicted octanol–water partition coefficient (Wildman–Crippen LogP) is 5.54. The van der Waals surface area contributed by atoms with Gasteiger partial charge in [-0.3, -0.25) is 9.36 Å². The van der Waals surface area contributed by atoms with E-state index in [4.69, 9.17) is 16.3 Å². The first-order valence-electron chi connectivity index (χ1n) is 12.4. The molecule has 0 fully saturated rings. The number of esters is 1. The van der Waals surface area contributed by atoms with E-state index >= 15 is 0 Å². The molecule has 0 unspecified atom stereocenters. The molecule has 4 aromatic rings. The molecule has 6 nitrogen and oxygen atoms in total. The van der Waals surface area contributed by atoms with Crippen molar-refractivity contribution in [2.45, 2.75) is 33.0 Å². The maximum Gasteiger partial charge on any atom is 0.434 e. The Morgan fingerprint density at radius 2 is 1.78 bits per heavy atom. The predicted molar refractivity (Wildman–Crippen MR) is 147 cm³/mol. The van der Waals surface area contributed by atoms with Crippen LogP contribution < -0.4 is 14.9 Å². The topological polar surface area (TPSA) is 65.6 Å². The summed E-state index contributed by atoms with van der Waals surface area (Å²) in [4.78, 5) is 30.3. The van der Waals surface area contributed by atoms with Gasteiger partial charge >= 0.3 is 12.1 Å². The fourth-order valence-electron chi connectivity index (χ4n) is 4.86. The van der Waals surface area contributed by atoms with Crippen molar-refractivity contribution in [3.63, 3.8) is 0 Å². The van der Waals surface area contributed by atoms with Crippen molar-refractivity contribution in [3.05, 3.63) is 119 Å². The summed E-state index contributed by atoms with van der Waals surface area (Å²) in [5.41, 5.74) is 0.293. The number of aryl methyl sites for hydroxylation is 1. The number of hydrogen-bond donors (Lipinski definition) is 0. The minimum atomic E-state index is -5.00. The van der Waals surface area contributed by atoms with Gasteiger partial charge in [0.25, 0.3) is 5.56 Å². The number of fused-ring (bicyclic) bond motifs is 1. The average Bonchev–Trinajstić information content (AvgIpc) is 3.38. The van der Waals surface area contributed by atoms with Gasteiger partial charge in [0.2, 0.25) is 0 Å². The molecule has 2 aromatic heterocycles. The van der Waals surface area contributed by atoms with Crippen LogP contribution in [0.4, 0.5) is 17.6 Å². The van der Waals surface area contributed by atoms with Crippen LogP contribution in [0.2, 0.25) is 5.02 Å². The molecule has 0 aliphatic carbocycles. The lowest BCUT2D eigenvalue weighted by Gasteiger charge is -2.26. The van der Waals surface area contributed by atoms with E-state index in [-0.39, 0.29) is 27.3 Å². The lowest BCUT2D eigenvalue weighted by Crippen LogP contribution is -2.41. The molecule has 0 spiro atoms. The van der Waals surface area contributed by atoms with E-state index in [9.17, 15) is 27.2 Å². The molecule has 5 rings (SSSR count). The maximum atomic E-state index is 14.3. The minimum Gasteiger partial charge on any atom is -0.463 e. The van der Waals surface area contributed by atoms with Crippen molar-refractivity contribution in [1.29, 1.82) is 0 Å².